The van der Waals surface area contributed by atoms with Crippen LogP contribution >= 0.6 is 24.0 Å². The molecule has 0 spiro atoms. The van der Waals surface area contributed by atoms with Crippen molar-refractivity contribution in [3.63, 3.8) is 0 Å². The average Bonchev–Trinajstić information content (AvgIpc) is 2.62. The molecule has 0 aliphatic carbocycles. The fourth-order valence-corrected chi connectivity index (χ4v) is 2.64. The van der Waals surface area contributed by atoms with Crippen molar-refractivity contribution in [1.82, 2.24) is 20.1 Å². The highest BCUT2D eigenvalue weighted by Gasteiger charge is 2.09. The van der Waals surface area contributed by atoms with Gasteiger partial charge in [0.15, 0.2) is 5.96 Å². The molecular weight excluding hydrogens is 433 g/mol. The van der Waals surface area contributed by atoms with Gasteiger partial charge in [0.2, 0.25) is 5.56 Å². The molecule has 1 saturated heterocycles. The molecule has 1 aromatic heterocycles. The van der Waals surface area contributed by atoms with Gasteiger partial charge in [-0.15, -0.1) is 24.0 Å². The van der Waals surface area contributed by atoms with E-state index in [-0.39, 0.29) is 29.5 Å². The minimum absolute atomic E-state index is 0. The molecule has 0 saturated carbocycles. The Morgan fingerprint density at radius 1 is 1.16 bits per heavy atom. The highest BCUT2D eigenvalue weighted by atomic mass is 127. The van der Waals surface area contributed by atoms with E-state index in [2.05, 4.69) is 20.5 Å². The molecule has 25 heavy (non-hydrogen) atoms. The molecule has 1 fully saturated rings. The Morgan fingerprint density at radius 2 is 1.92 bits per heavy atom. The smallest absolute Gasteiger partial charge is 0.250 e. The molecule has 0 radical (unpaired) electrons. The zero-order chi connectivity index (χ0) is 17.0. The van der Waals surface area contributed by atoms with Gasteiger partial charge < -0.3 is 19.9 Å². The summed E-state index contributed by atoms with van der Waals surface area (Å²) < 4.78 is 7.09. The molecule has 1 aliphatic heterocycles. The van der Waals surface area contributed by atoms with Crippen LogP contribution < -0.4 is 16.2 Å². The monoisotopic (exact) mass is 463 g/mol. The van der Waals surface area contributed by atoms with Gasteiger partial charge in [-0.1, -0.05) is 6.07 Å². The zero-order valence-corrected chi connectivity index (χ0v) is 17.3. The van der Waals surface area contributed by atoms with Gasteiger partial charge in [-0.3, -0.25) is 14.7 Å². The average molecular weight is 463 g/mol. The van der Waals surface area contributed by atoms with Crippen LogP contribution in [0.15, 0.2) is 34.2 Å². The van der Waals surface area contributed by atoms with Crippen molar-refractivity contribution in [2.45, 2.75) is 19.4 Å². The number of guanidine groups is 1. The minimum Gasteiger partial charge on any atom is -0.379 e. The van der Waals surface area contributed by atoms with Crippen LogP contribution in [0.4, 0.5) is 0 Å². The maximum Gasteiger partial charge on any atom is 0.250 e. The van der Waals surface area contributed by atoms with Gasteiger partial charge in [-0.05, 0) is 18.9 Å². The van der Waals surface area contributed by atoms with Crippen molar-refractivity contribution in [2.75, 3.05) is 53.0 Å². The Kier molecular flexibility index (Phi) is 11.5. The maximum absolute atomic E-state index is 11.6. The molecule has 2 rings (SSSR count). The maximum atomic E-state index is 11.6. The lowest BCUT2D eigenvalue weighted by Gasteiger charge is -2.26. The Morgan fingerprint density at radius 3 is 2.64 bits per heavy atom. The normalized spacial score (nSPS) is 15.5. The predicted octanol–water partition coefficient (Wildman–Crippen LogP) is 0.744. The van der Waals surface area contributed by atoms with Gasteiger partial charge in [0.1, 0.15) is 0 Å². The number of morpholine rings is 1. The standard InChI is InChI=1S/C17H29N5O2.HI/c1-18-17(20-8-11-21-12-14-24-15-13-21)19-7-3-5-10-22-9-4-2-6-16(22)23;/h2,4,6,9H,3,5,7-8,10-15H2,1H3,(H2,18,19,20);1H. The van der Waals surface area contributed by atoms with Crippen LogP contribution in [0.5, 0.6) is 0 Å². The summed E-state index contributed by atoms with van der Waals surface area (Å²) in [6, 6.07) is 5.26. The number of halogens is 1. The lowest BCUT2D eigenvalue weighted by Crippen LogP contribution is -2.44. The van der Waals surface area contributed by atoms with Gasteiger partial charge in [0.05, 0.1) is 13.2 Å². The number of pyridine rings is 1. The Hall–Kier alpha value is -1.13. The van der Waals surface area contributed by atoms with E-state index >= 15 is 0 Å². The summed E-state index contributed by atoms with van der Waals surface area (Å²) in [4.78, 5) is 18.2. The second-order valence-electron chi connectivity index (χ2n) is 5.82. The fraction of sp³-hybridized carbons (Fsp3) is 0.647. The predicted molar refractivity (Wildman–Crippen MR) is 112 cm³/mol. The molecule has 1 aromatic rings. The number of nitrogens with zero attached hydrogens (tertiary/aromatic N) is 3. The van der Waals surface area contributed by atoms with E-state index < -0.39 is 0 Å². The number of aliphatic imine (C=N–C) groups is 1. The Balaban J connectivity index is 0.00000312. The first kappa shape index (κ1) is 21.9. The molecule has 142 valence electrons. The fourth-order valence-electron chi connectivity index (χ4n) is 2.64. The Labute approximate surface area is 166 Å². The molecule has 8 heteroatoms. The highest BCUT2D eigenvalue weighted by Crippen LogP contribution is 1.95. The van der Waals surface area contributed by atoms with Crippen molar-refractivity contribution < 1.29 is 4.74 Å². The molecule has 7 nitrogen and oxygen atoms in total. The third kappa shape index (κ3) is 8.68. The second-order valence-corrected chi connectivity index (χ2v) is 5.82. The third-order valence-electron chi connectivity index (χ3n) is 4.07. The lowest BCUT2D eigenvalue weighted by atomic mass is 10.3. The van der Waals surface area contributed by atoms with Gasteiger partial charge in [-0.2, -0.15) is 0 Å². The zero-order valence-electron chi connectivity index (χ0n) is 14.9. The summed E-state index contributed by atoms with van der Waals surface area (Å²) in [6.45, 7) is 7.15. The number of aromatic nitrogens is 1. The van der Waals surface area contributed by atoms with E-state index in [0.29, 0.717) is 0 Å². The van der Waals surface area contributed by atoms with E-state index in [0.717, 1.165) is 71.3 Å². The first-order valence-electron chi connectivity index (χ1n) is 8.69. The van der Waals surface area contributed by atoms with Crippen molar-refractivity contribution in [3.05, 3.63) is 34.7 Å². The number of hydrogen-bond acceptors (Lipinski definition) is 4. The molecule has 0 aromatic carbocycles. The summed E-state index contributed by atoms with van der Waals surface area (Å²) in [6.07, 6.45) is 3.79. The molecule has 0 bridgehead atoms. The number of aryl methyl sites for hydroxylation is 1. The molecule has 1 aliphatic rings. The van der Waals surface area contributed by atoms with Gasteiger partial charge in [0.25, 0.3) is 0 Å². The first-order chi connectivity index (χ1) is 11.8. The van der Waals surface area contributed by atoms with Crippen LogP contribution in [-0.2, 0) is 11.3 Å². The minimum atomic E-state index is 0. The van der Waals surface area contributed by atoms with Crippen molar-refractivity contribution in [3.8, 4) is 0 Å². The molecule has 0 unspecified atom stereocenters. The van der Waals surface area contributed by atoms with Gasteiger partial charge in [0, 0.05) is 58.6 Å². The largest absolute Gasteiger partial charge is 0.379 e. The summed E-state index contributed by atoms with van der Waals surface area (Å²) in [5.41, 5.74) is 0.0612. The topological polar surface area (TPSA) is 70.9 Å². The number of unbranched alkanes of at least 4 members (excludes halogenated alkanes) is 1. The molecule has 2 N–H and O–H groups in total. The van der Waals surface area contributed by atoms with E-state index in [1.54, 1.807) is 23.7 Å². The van der Waals surface area contributed by atoms with Crippen molar-refractivity contribution in [2.24, 2.45) is 4.99 Å². The number of ether oxygens (including phenoxy) is 1. The first-order valence-corrected chi connectivity index (χ1v) is 8.69. The quantitative estimate of drug-likeness (QED) is 0.258. The van der Waals surface area contributed by atoms with Crippen LogP contribution in [0.1, 0.15) is 12.8 Å². The van der Waals surface area contributed by atoms with E-state index in [9.17, 15) is 4.79 Å². The van der Waals surface area contributed by atoms with Crippen molar-refractivity contribution in [1.29, 1.82) is 0 Å². The highest BCUT2D eigenvalue weighted by molar-refractivity contribution is 14.0. The molecule has 0 atom stereocenters. The molecule has 0 amide bonds. The SMILES string of the molecule is CN=C(NCCCCn1ccccc1=O)NCCN1CCOCC1.I. The summed E-state index contributed by atoms with van der Waals surface area (Å²) in [7, 11) is 1.79. The second kappa shape index (κ2) is 13.1. The van der Waals surface area contributed by atoms with Crippen LogP contribution in [0, 0.1) is 0 Å². The number of hydrogen-bond donors (Lipinski definition) is 2. The van der Waals surface area contributed by atoms with E-state index in [1.165, 1.54) is 0 Å². The molecule has 2 heterocycles. The van der Waals surface area contributed by atoms with Gasteiger partial charge in [-0.25, -0.2) is 0 Å². The van der Waals surface area contributed by atoms with Crippen molar-refractivity contribution >= 4 is 29.9 Å². The molecular formula is C17H30IN5O2. The summed E-state index contributed by atoms with van der Waals surface area (Å²) >= 11 is 0. The number of rotatable bonds is 8. The summed E-state index contributed by atoms with van der Waals surface area (Å²) in [5.74, 6) is 0.833. The summed E-state index contributed by atoms with van der Waals surface area (Å²) in [5, 5.41) is 6.65. The number of nitrogens with one attached hydrogen (secondary N) is 2. The van der Waals surface area contributed by atoms with Crippen LogP contribution in [0.3, 0.4) is 0 Å². The lowest BCUT2D eigenvalue weighted by molar-refractivity contribution is 0.0389. The van der Waals surface area contributed by atoms with E-state index in [1.807, 2.05) is 12.3 Å². The van der Waals surface area contributed by atoms with E-state index in [4.69, 9.17) is 4.74 Å². The van der Waals surface area contributed by atoms with Gasteiger partial charge >= 0.3 is 0 Å². The van der Waals surface area contributed by atoms with Crippen LogP contribution in [0.2, 0.25) is 0 Å². The third-order valence-corrected chi connectivity index (χ3v) is 4.07. The van der Waals surface area contributed by atoms with Crippen LogP contribution in [-0.4, -0.2) is 68.4 Å². The Bertz CT molecular complexity index is 558. The van der Waals surface area contributed by atoms with Crippen LogP contribution in [0.25, 0.3) is 0 Å².